The quantitative estimate of drug-likeness (QED) is 0.457. The molecule has 0 saturated carbocycles. The second-order valence-electron chi connectivity index (χ2n) is 5.58. The van der Waals surface area contributed by atoms with Gasteiger partial charge in [0, 0.05) is 19.0 Å². The lowest BCUT2D eigenvalue weighted by molar-refractivity contribution is -0.140. The molecular formula is C20H23NO3. The van der Waals surface area contributed by atoms with Crippen LogP contribution in [0.1, 0.15) is 31.2 Å². The fraction of sp³-hybridized carbons (Fsp3) is 0.300. The number of carbonyl (C=O) groups excluding carboxylic acids is 2. The van der Waals surface area contributed by atoms with E-state index in [1.807, 2.05) is 36.4 Å². The van der Waals surface area contributed by atoms with Crippen LogP contribution >= 0.6 is 0 Å². The summed E-state index contributed by atoms with van der Waals surface area (Å²) in [6.07, 6.45) is 6.37. The summed E-state index contributed by atoms with van der Waals surface area (Å²) in [6, 6.07) is 14.1. The van der Waals surface area contributed by atoms with Crippen LogP contribution in [0.5, 0.6) is 0 Å². The van der Waals surface area contributed by atoms with Gasteiger partial charge in [-0.25, -0.2) is 0 Å². The fourth-order valence-electron chi connectivity index (χ4n) is 2.50. The maximum absolute atomic E-state index is 11.9. The average Bonchev–Trinajstić information content (AvgIpc) is 2.62. The average molecular weight is 325 g/mol. The van der Waals surface area contributed by atoms with Gasteiger partial charge in [0.25, 0.3) is 0 Å². The molecule has 1 N–H and O–H groups in total. The van der Waals surface area contributed by atoms with Gasteiger partial charge in [0.1, 0.15) is 0 Å². The Labute approximate surface area is 142 Å². The van der Waals surface area contributed by atoms with Gasteiger partial charge in [0.15, 0.2) is 0 Å². The van der Waals surface area contributed by atoms with Crippen LogP contribution in [0.15, 0.2) is 48.5 Å². The summed E-state index contributed by atoms with van der Waals surface area (Å²) in [5.74, 6) is -0.284. The van der Waals surface area contributed by atoms with E-state index in [9.17, 15) is 9.59 Å². The summed E-state index contributed by atoms with van der Waals surface area (Å²) >= 11 is 0. The second kappa shape index (κ2) is 9.50. The van der Waals surface area contributed by atoms with Crippen molar-refractivity contribution in [1.29, 1.82) is 0 Å². The molecule has 0 saturated heterocycles. The monoisotopic (exact) mass is 325 g/mol. The summed E-state index contributed by atoms with van der Waals surface area (Å²) < 4.78 is 4.58. The highest BCUT2D eigenvalue weighted by Gasteiger charge is 2.01. The van der Waals surface area contributed by atoms with Crippen molar-refractivity contribution in [2.45, 2.75) is 25.7 Å². The number of nitrogens with one attached hydrogen (secondary N) is 1. The maximum atomic E-state index is 11.9. The highest BCUT2D eigenvalue weighted by atomic mass is 16.5. The highest BCUT2D eigenvalue weighted by molar-refractivity contribution is 5.96. The van der Waals surface area contributed by atoms with Crippen LogP contribution in [-0.2, 0) is 14.3 Å². The zero-order valence-corrected chi connectivity index (χ0v) is 14.0. The van der Waals surface area contributed by atoms with Crippen LogP contribution in [0.2, 0.25) is 0 Å². The minimum atomic E-state index is -0.183. The van der Waals surface area contributed by atoms with Gasteiger partial charge >= 0.3 is 5.97 Å². The van der Waals surface area contributed by atoms with E-state index in [1.54, 1.807) is 6.08 Å². The van der Waals surface area contributed by atoms with Crippen molar-refractivity contribution >= 4 is 28.7 Å². The van der Waals surface area contributed by atoms with Crippen molar-refractivity contribution in [2.75, 3.05) is 13.7 Å². The largest absolute Gasteiger partial charge is 0.469 e. The van der Waals surface area contributed by atoms with Crippen molar-refractivity contribution in [1.82, 2.24) is 5.32 Å². The lowest BCUT2D eigenvalue weighted by Gasteiger charge is -2.03. The van der Waals surface area contributed by atoms with Crippen LogP contribution in [0.25, 0.3) is 16.8 Å². The number of ether oxygens (including phenoxy) is 1. The minimum absolute atomic E-state index is 0.101. The van der Waals surface area contributed by atoms with Gasteiger partial charge in [0.05, 0.1) is 7.11 Å². The Hall–Kier alpha value is -2.62. The van der Waals surface area contributed by atoms with Crippen molar-refractivity contribution in [3.63, 3.8) is 0 Å². The van der Waals surface area contributed by atoms with Gasteiger partial charge in [0.2, 0.25) is 5.91 Å². The third-order valence-corrected chi connectivity index (χ3v) is 3.82. The molecule has 0 fully saturated rings. The number of rotatable bonds is 8. The smallest absolute Gasteiger partial charge is 0.305 e. The van der Waals surface area contributed by atoms with Crippen LogP contribution in [0.3, 0.4) is 0 Å². The molecule has 0 heterocycles. The van der Waals surface area contributed by atoms with Crippen LogP contribution in [-0.4, -0.2) is 25.5 Å². The topological polar surface area (TPSA) is 55.4 Å². The molecule has 0 aliphatic carbocycles. The summed E-state index contributed by atoms with van der Waals surface area (Å²) in [5, 5.41) is 5.15. The molecule has 0 aliphatic heterocycles. The van der Waals surface area contributed by atoms with Crippen LogP contribution < -0.4 is 5.32 Å². The molecule has 0 aromatic heterocycles. The molecule has 126 valence electrons. The molecule has 4 heteroatoms. The first-order chi connectivity index (χ1) is 11.7. The SMILES string of the molecule is COC(=O)CCCCCNC(=O)/C=C/c1cccc2ccccc12. The molecule has 2 aromatic carbocycles. The number of benzene rings is 2. The molecule has 4 nitrogen and oxygen atoms in total. The number of methoxy groups -OCH3 is 1. The lowest BCUT2D eigenvalue weighted by atomic mass is 10.0. The summed E-state index contributed by atoms with van der Waals surface area (Å²) in [6.45, 7) is 0.611. The van der Waals surface area contributed by atoms with E-state index in [0.29, 0.717) is 13.0 Å². The Bertz CT molecular complexity index is 716. The first kappa shape index (κ1) is 17.7. The van der Waals surface area contributed by atoms with Gasteiger partial charge in [-0.3, -0.25) is 9.59 Å². The molecule has 1 amide bonds. The Balaban J connectivity index is 1.76. The molecule has 0 bridgehead atoms. The first-order valence-electron chi connectivity index (χ1n) is 8.21. The van der Waals surface area contributed by atoms with Gasteiger partial charge in [-0.05, 0) is 35.3 Å². The third-order valence-electron chi connectivity index (χ3n) is 3.82. The molecular weight excluding hydrogens is 302 g/mol. The maximum Gasteiger partial charge on any atom is 0.305 e. The minimum Gasteiger partial charge on any atom is -0.469 e. The molecule has 2 aromatic rings. The van der Waals surface area contributed by atoms with Gasteiger partial charge in [-0.2, -0.15) is 0 Å². The lowest BCUT2D eigenvalue weighted by Crippen LogP contribution is -2.22. The summed E-state index contributed by atoms with van der Waals surface area (Å²) in [7, 11) is 1.39. The van der Waals surface area contributed by atoms with E-state index in [-0.39, 0.29) is 11.9 Å². The highest BCUT2D eigenvalue weighted by Crippen LogP contribution is 2.19. The van der Waals surface area contributed by atoms with Crippen molar-refractivity contribution in [3.05, 3.63) is 54.1 Å². The first-order valence-corrected chi connectivity index (χ1v) is 8.21. The molecule has 0 spiro atoms. The van der Waals surface area contributed by atoms with E-state index >= 15 is 0 Å². The zero-order chi connectivity index (χ0) is 17.2. The van der Waals surface area contributed by atoms with E-state index in [4.69, 9.17) is 0 Å². The van der Waals surface area contributed by atoms with E-state index in [0.717, 1.165) is 35.6 Å². The van der Waals surface area contributed by atoms with Gasteiger partial charge in [-0.15, -0.1) is 0 Å². The normalized spacial score (nSPS) is 10.9. The molecule has 2 rings (SSSR count). The van der Waals surface area contributed by atoms with Crippen LogP contribution in [0.4, 0.5) is 0 Å². The van der Waals surface area contributed by atoms with E-state index < -0.39 is 0 Å². The zero-order valence-electron chi connectivity index (χ0n) is 14.0. The predicted octanol–water partition coefficient (Wildman–Crippen LogP) is 3.70. The molecule has 24 heavy (non-hydrogen) atoms. The Morgan fingerprint density at radius 3 is 2.67 bits per heavy atom. The number of esters is 1. The molecule has 0 aliphatic rings. The van der Waals surface area contributed by atoms with E-state index in [2.05, 4.69) is 22.2 Å². The summed E-state index contributed by atoms with van der Waals surface area (Å²) in [4.78, 5) is 22.8. The van der Waals surface area contributed by atoms with Crippen molar-refractivity contribution < 1.29 is 14.3 Å². The Morgan fingerprint density at radius 1 is 1.04 bits per heavy atom. The summed E-state index contributed by atoms with van der Waals surface area (Å²) in [5.41, 5.74) is 1.03. The fourth-order valence-corrected chi connectivity index (χ4v) is 2.50. The molecule has 0 unspecified atom stereocenters. The van der Waals surface area contributed by atoms with Gasteiger partial charge in [-0.1, -0.05) is 48.9 Å². The number of fused-ring (bicyclic) bond motifs is 1. The molecule has 0 radical (unpaired) electrons. The van der Waals surface area contributed by atoms with Crippen molar-refractivity contribution in [2.24, 2.45) is 0 Å². The Kier molecular flexibility index (Phi) is 7.02. The molecule has 0 atom stereocenters. The number of amides is 1. The number of hydrogen-bond donors (Lipinski definition) is 1. The predicted molar refractivity (Wildman–Crippen MR) is 96.5 cm³/mol. The standard InChI is InChI=1S/C20H23NO3/c1-24-20(23)12-3-2-6-15-21-19(22)14-13-17-10-7-9-16-8-4-5-11-18(16)17/h4-5,7-11,13-14H,2-3,6,12,15H2,1H3,(H,21,22)/b14-13+. The number of hydrogen-bond acceptors (Lipinski definition) is 3. The van der Waals surface area contributed by atoms with Crippen LogP contribution in [0, 0.1) is 0 Å². The van der Waals surface area contributed by atoms with Gasteiger partial charge < -0.3 is 10.1 Å². The Morgan fingerprint density at radius 2 is 1.83 bits per heavy atom. The second-order valence-corrected chi connectivity index (χ2v) is 5.58. The van der Waals surface area contributed by atoms with E-state index in [1.165, 1.54) is 7.11 Å². The van der Waals surface area contributed by atoms with Crippen molar-refractivity contribution in [3.8, 4) is 0 Å². The number of carbonyl (C=O) groups is 2. The third kappa shape index (κ3) is 5.54. The number of unbranched alkanes of at least 4 members (excludes halogenated alkanes) is 2.